The Morgan fingerprint density at radius 3 is 2.11 bits per heavy atom. The molecule has 0 aliphatic rings. The number of carbonyl (C=O) groups excluding carboxylic acids is 1. The first-order valence-corrected chi connectivity index (χ1v) is 9.38. The maximum Gasteiger partial charge on any atom is 0.192 e. The van der Waals surface area contributed by atoms with Crippen LogP contribution in [0.15, 0.2) is 30.3 Å². The van der Waals surface area contributed by atoms with Gasteiger partial charge in [-0.25, -0.2) is 0 Å². The van der Waals surface area contributed by atoms with Gasteiger partial charge in [0.2, 0.25) is 0 Å². The fourth-order valence-corrected chi connectivity index (χ4v) is 4.88. The van der Waals surface area contributed by atoms with Gasteiger partial charge in [-0.15, -0.1) is 0 Å². The Bertz CT molecular complexity index is 339. The number of hydrogen-bond acceptors (Lipinski definition) is 2. The van der Waals surface area contributed by atoms with Crippen LogP contribution in [0, 0.1) is 0 Å². The minimum atomic E-state index is -1.59. The Morgan fingerprint density at radius 1 is 1.11 bits per heavy atom. The van der Waals surface area contributed by atoms with Crippen LogP contribution >= 0.6 is 0 Å². The van der Waals surface area contributed by atoms with Crippen molar-refractivity contribution >= 4 is 14.6 Å². The van der Waals surface area contributed by atoms with E-state index in [1.165, 1.54) is 0 Å². The molecule has 3 heteroatoms. The van der Waals surface area contributed by atoms with Crippen LogP contribution in [0.2, 0.25) is 18.1 Å². The van der Waals surface area contributed by atoms with Crippen molar-refractivity contribution in [3.05, 3.63) is 35.9 Å². The zero-order valence-electron chi connectivity index (χ0n) is 11.7. The summed E-state index contributed by atoms with van der Waals surface area (Å²) in [6.45, 7) is 7.15. The van der Waals surface area contributed by atoms with Gasteiger partial charge in [-0.05, 0) is 23.7 Å². The average Bonchev–Trinajstić information content (AvgIpc) is 2.45. The van der Waals surface area contributed by atoms with Crippen molar-refractivity contribution in [2.75, 3.05) is 6.61 Å². The molecule has 0 amide bonds. The van der Waals surface area contributed by atoms with Gasteiger partial charge in [0.05, 0.1) is 5.92 Å². The fraction of sp³-hybridized carbons (Fsp3) is 0.533. The molecule has 0 bridgehead atoms. The van der Waals surface area contributed by atoms with Crippen LogP contribution in [0.3, 0.4) is 0 Å². The molecule has 1 rings (SSSR count). The lowest BCUT2D eigenvalue weighted by atomic mass is 10.0. The molecule has 1 aromatic carbocycles. The van der Waals surface area contributed by atoms with Crippen LogP contribution in [0.5, 0.6) is 0 Å². The summed E-state index contributed by atoms with van der Waals surface area (Å²) in [5.74, 6) is -0.122. The van der Waals surface area contributed by atoms with Crippen LogP contribution < -0.4 is 0 Å². The second kappa shape index (κ2) is 7.49. The molecule has 0 aromatic heterocycles. The molecule has 0 heterocycles. The van der Waals surface area contributed by atoms with Crippen molar-refractivity contribution in [2.24, 2.45) is 0 Å². The molecule has 2 nitrogen and oxygen atoms in total. The summed E-state index contributed by atoms with van der Waals surface area (Å²) in [5, 5.41) is 0. The Kier molecular flexibility index (Phi) is 6.29. The van der Waals surface area contributed by atoms with Gasteiger partial charge in [0, 0.05) is 6.61 Å². The van der Waals surface area contributed by atoms with Crippen molar-refractivity contribution in [1.29, 1.82) is 0 Å². The summed E-state index contributed by atoms with van der Waals surface area (Å²) in [5.41, 5.74) is 1.05. The van der Waals surface area contributed by atoms with Crippen LogP contribution in [-0.2, 0) is 9.22 Å². The molecule has 1 aromatic rings. The molecule has 0 aliphatic carbocycles. The molecule has 0 saturated carbocycles. The Hall–Kier alpha value is -0.933. The first-order chi connectivity index (χ1) is 8.71. The quantitative estimate of drug-likeness (QED) is 0.524. The molecule has 0 spiro atoms. The summed E-state index contributed by atoms with van der Waals surface area (Å²) in [6, 6.07) is 13.3. The van der Waals surface area contributed by atoms with E-state index in [0.29, 0.717) is 6.61 Å². The van der Waals surface area contributed by atoms with Crippen molar-refractivity contribution in [3.63, 3.8) is 0 Å². The highest BCUT2D eigenvalue weighted by molar-refractivity contribution is 6.73. The van der Waals surface area contributed by atoms with Gasteiger partial charge in [0.25, 0.3) is 0 Å². The number of aldehydes is 1. The van der Waals surface area contributed by atoms with Crippen molar-refractivity contribution < 1.29 is 9.22 Å². The summed E-state index contributed by atoms with van der Waals surface area (Å²) < 4.78 is 6.19. The smallest absolute Gasteiger partial charge is 0.192 e. The normalized spacial score (nSPS) is 13.3. The first-order valence-electron chi connectivity index (χ1n) is 6.85. The fourth-order valence-electron chi connectivity index (χ4n) is 2.24. The maximum absolute atomic E-state index is 11.2. The van der Waals surface area contributed by atoms with E-state index in [4.69, 9.17) is 4.43 Å². The average molecular weight is 264 g/mol. The third kappa shape index (κ3) is 3.78. The zero-order valence-corrected chi connectivity index (χ0v) is 12.7. The van der Waals surface area contributed by atoms with E-state index in [2.05, 4.69) is 20.8 Å². The summed E-state index contributed by atoms with van der Waals surface area (Å²) in [4.78, 5) is 11.2. The Labute approximate surface area is 111 Å². The van der Waals surface area contributed by atoms with Crippen molar-refractivity contribution in [3.8, 4) is 0 Å². The second-order valence-electron chi connectivity index (χ2n) is 4.71. The lowest BCUT2D eigenvalue weighted by molar-refractivity contribution is -0.109. The standard InChI is InChI=1S/C15H24O2Si/c1-4-18(5-2,6-3)17-13-15(12-16)14-10-8-7-9-11-14/h7-12,15H,4-6,13H2,1-3H3/t15-/m0/s1. The predicted molar refractivity (Wildman–Crippen MR) is 78.4 cm³/mol. The molecule has 0 aliphatic heterocycles. The highest BCUT2D eigenvalue weighted by Gasteiger charge is 2.29. The summed E-state index contributed by atoms with van der Waals surface area (Å²) in [6.07, 6.45) is 1.01. The maximum atomic E-state index is 11.2. The Morgan fingerprint density at radius 2 is 1.67 bits per heavy atom. The van der Waals surface area contributed by atoms with Gasteiger partial charge >= 0.3 is 0 Å². The van der Waals surface area contributed by atoms with Gasteiger partial charge in [-0.3, -0.25) is 0 Å². The van der Waals surface area contributed by atoms with Crippen LogP contribution in [-0.4, -0.2) is 21.2 Å². The van der Waals surface area contributed by atoms with Gasteiger partial charge in [0.15, 0.2) is 8.32 Å². The van der Waals surface area contributed by atoms with Gasteiger partial charge < -0.3 is 9.22 Å². The highest BCUT2D eigenvalue weighted by Crippen LogP contribution is 2.24. The lowest BCUT2D eigenvalue weighted by Crippen LogP contribution is -2.37. The van der Waals surface area contributed by atoms with E-state index < -0.39 is 8.32 Å². The zero-order chi connectivity index (χ0) is 13.4. The number of rotatable bonds is 8. The minimum Gasteiger partial charge on any atom is -0.416 e. The van der Waals surface area contributed by atoms with E-state index in [9.17, 15) is 4.79 Å². The van der Waals surface area contributed by atoms with Gasteiger partial charge in [-0.2, -0.15) is 0 Å². The molecule has 0 saturated heterocycles. The van der Waals surface area contributed by atoms with Crippen molar-refractivity contribution in [1.82, 2.24) is 0 Å². The third-order valence-electron chi connectivity index (χ3n) is 3.89. The third-order valence-corrected chi connectivity index (χ3v) is 8.54. The largest absolute Gasteiger partial charge is 0.416 e. The SMILES string of the molecule is CC[Si](CC)(CC)OC[C@H](C=O)c1ccccc1. The van der Waals surface area contributed by atoms with Gasteiger partial charge in [0.1, 0.15) is 6.29 Å². The van der Waals surface area contributed by atoms with E-state index in [0.717, 1.165) is 30.0 Å². The van der Waals surface area contributed by atoms with Crippen LogP contribution in [0.1, 0.15) is 32.3 Å². The first kappa shape index (κ1) is 15.1. The van der Waals surface area contributed by atoms with Gasteiger partial charge in [-0.1, -0.05) is 51.1 Å². The lowest BCUT2D eigenvalue weighted by Gasteiger charge is -2.29. The van der Waals surface area contributed by atoms with E-state index in [1.54, 1.807) is 0 Å². The van der Waals surface area contributed by atoms with E-state index in [-0.39, 0.29) is 5.92 Å². The van der Waals surface area contributed by atoms with Crippen LogP contribution in [0.25, 0.3) is 0 Å². The van der Waals surface area contributed by atoms with E-state index in [1.807, 2.05) is 30.3 Å². The number of hydrogen-bond donors (Lipinski definition) is 0. The van der Waals surface area contributed by atoms with E-state index >= 15 is 0 Å². The molecule has 0 fully saturated rings. The molecule has 0 unspecified atom stereocenters. The molecular weight excluding hydrogens is 240 g/mol. The molecule has 0 N–H and O–H groups in total. The summed E-state index contributed by atoms with van der Waals surface area (Å²) >= 11 is 0. The predicted octanol–water partition coefficient (Wildman–Crippen LogP) is 3.99. The minimum absolute atomic E-state index is 0.122. The second-order valence-corrected chi connectivity index (χ2v) is 9.48. The van der Waals surface area contributed by atoms with Crippen molar-refractivity contribution in [2.45, 2.75) is 44.8 Å². The molecule has 100 valence electrons. The molecule has 1 atom stereocenters. The number of carbonyl (C=O) groups is 1. The Balaban J connectivity index is 2.68. The van der Waals surface area contributed by atoms with Crippen LogP contribution in [0.4, 0.5) is 0 Å². The monoisotopic (exact) mass is 264 g/mol. The number of benzene rings is 1. The summed E-state index contributed by atoms with van der Waals surface area (Å²) in [7, 11) is -1.59. The topological polar surface area (TPSA) is 26.3 Å². The molecule has 0 radical (unpaired) electrons. The molecular formula is C15H24O2Si. The molecule has 18 heavy (non-hydrogen) atoms. The highest BCUT2D eigenvalue weighted by atomic mass is 28.4.